The Morgan fingerprint density at radius 1 is 0.875 bits per heavy atom. The Balaban J connectivity index is 1.71. The van der Waals surface area contributed by atoms with Gasteiger partial charge in [0.25, 0.3) is 0 Å². The van der Waals surface area contributed by atoms with E-state index in [1.54, 1.807) is 0 Å². The van der Waals surface area contributed by atoms with Gasteiger partial charge in [-0.25, -0.2) is 9.13 Å². The number of aryl methyl sites for hydroxylation is 1. The van der Waals surface area contributed by atoms with Crippen molar-refractivity contribution >= 4 is 11.6 Å². The molecule has 4 nitrogen and oxygen atoms in total. The van der Waals surface area contributed by atoms with Gasteiger partial charge in [-0.05, 0) is 0 Å². The van der Waals surface area contributed by atoms with Crippen molar-refractivity contribution in [2.75, 3.05) is 0 Å². The van der Waals surface area contributed by atoms with Crippen LogP contribution in [0.4, 0.5) is 0 Å². The average molecular weight is 319 g/mol. The Morgan fingerprint density at radius 3 is 2.00 bits per heavy atom. The zero-order valence-corrected chi connectivity index (χ0v) is 13.6. The normalized spacial score (nSPS) is 10.5. The van der Waals surface area contributed by atoms with Crippen LogP contribution in [0.1, 0.15) is 26.4 Å². The Morgan fingerprint density at radius 2 is 1.42 bits per heavy atom. The molecule has 0 saturated carbocycles. The van der Waals surface area contributed by atoms with Crippen LogP contribution in [0.5, 0.6) is 0 Å². The maximum absolute atomic E-state index is 12.3. The number of imidazole rings is 1. The minimum absolute atomic E-state index is 0.0483. The second-order valence-corrected chi connectivity index (χ2v) is 5.76. The molecule has 0 aliphatic heterocycles. The predicted molar refractivity (Wildman–Crippen MR) is 90.9 cm³/mol. The minimum atomic E-state index is 0.0483. The van der Waals surface area contributed by atoms with Crippen molar-refractivity contribution in [2.45, 2.75) is 20.0 Å². The lowest BCUT2D eigenvalue weighted by molar-refractivity contribution is -0.682. The van der Waals surface area contributed by atoms with Crippen LogP contribution < -0.4 is 4.57 Å². The first kappa shape index (κ1) is 15.9. The molecule has 0 spiro atoms. The van der Waals surface area contributed by atoms with Gasteiger partial charge in [0.2, 0.25) is 17.9 Å². The molecule has 0 aliphatic rings. The van der Waals surface area contributed by atoms with Gasteiger partial charge in [0.1, 0.15) is 11.9 Å². The molecule has 4 heteroatoms. The summed E-state index contributed by atoms with van der Waals surface area (Å²) in [5.41, 5.74) is 2.33. The van der Waals surface area contributed by atoms with E-state index in [-0.39, 0.29) is 24.7 Å². The van der Waals surface area contributed by atoms with E-state index in [1.807, 2.05) is 89.2 Å². The average Bonchev–Trinajstić information content (AvgIpc) is 2.95. The molecule has 2 aromatic carbocycles. The second-order valence-electron chi connectivity index (χ2n) is 5.76. The predicted octanol–water partition coefficient (Wildman–Crippen LogP) is 2.85. The fourth-order valence-corrected chi connectivity index (χ4v) is 2.62. The number of hydrogen-bond acceptors (Lipinski definition) is 2. The lowest BCUT2D eigenvalue weighted by Gasteiger charge is -1.99. The number of nitrogens with zero attached hydrogens (tertiary/aromatic N) is 2. The van der Waals surface area contributed by atoms with Crippen LogP contribution in [-0.2, 0) is 13.1 Å². The monoisotopic (exact) mass is 319 g/mol. The van der Waals surface area contributed by atoms with Crippen LogP contribution in [0.15, 0.2) is 73.2 Å². The van der Waals surface area contributed by atoms with Crippen LogP contribution in [0.25, 0.3) is 0 Å². The minimum Gasteiger partial charge on any atom is -0.290 e. The molecule has 0 aliphatic carbocycles. The summed E-state index contributed by atoms with van der Waals surface area (Å²) < 4.78 is 3.69. The molecule has 0 amide bonds. The van der Waals surface area contributed by atoms with E-state index in [4.69, 9.17) is 0 Å². The molecular formula is C20H19N2O2+. The first-order valence-electron chi connectivity index (χ1n) is 7.86. The number of hydrogen-bond donors (Lipinski definition) is 0. The number of rotatable bonds is 6. The van der Waals surface area contributed by atoms with Gasteiger partial charge >= 0.3 is 0 Å². The molecule has 0 fully saturated rings. The molecule has 0 bridgehead atoms. The summed E-state index contributed by atoms with van der Waals surface area (Å²) in [5.74, 6) is 0.1000. The summed E-state index contributed by atoms with van der Waals surface area (Å²) in [6, 6.07) is 18.4. The van der Waals surface area contributed by atoms with Gasteiger partial charge in [0.15, 0.2) is 13.1 Å². The molecular weight excluding hydrogens is 300 g/mol. The number of benzene rings is 2. The van der Waals surface area contributed by atoms with Crippen LogP contribution >= 0.6 is 0 Å². The highest BCUT2D eigenvalue weighted by Crippen LogP contribution is 2.05. The van der Waals surface area contributed by atoms with E-state index >= 15 is 0 Å². The largest absolute Gasteiger partial charge is 0.290 e. The first-order chi connectivity index (χ1) is 11.6. The van der Waals surface area contributed by atoms with Crippen LogP contribution in [0.3, 0.4) is 0 Å². The van der Waals surface area contributed by atoms with E-state index in [1.165, 1.54) is 0 Å². The molecule has 3 rings (SSSR count). The van der Waals surface area contributed by atoms with Crippen LogP contribution in [-0.4, -0.2) is 16.1 Å². The summed E-state index contributed by atoms with van der Waals surface area (Å²) in [5, 5.41) is 0. The number of carbonyl (C=O) groups excluding carboxylic acids is 2. The molecule has 0 unspecified atom stereocenters. The molecule has 0 saturated heterocycles. The highest BCUT2D eigenvalue weighted by atomic mass is 16.1. The molecule has 0 radical (unpaired) electrons. The maximum Gasteiger partial charge on any atom is 0.244 e. The van der Waals surface area contributed by atoms with Crippen molar-refractivity contribution in [1.29, 1.82) is 0 Å². The van der Waals surface area contributed by atoms with E-state index in [0.717, 1.165) is 5.69 Å². The third-order valence-corrected chi connectivity index (χ3v) is 3.93. The highest BCUT2D eigenvalue weighted by Gasteiger charge is 2.17. The van der Waals surface area contributed by atoms with Crippen molar-refractivity contribution in [3.8, 4) is 0 Å². The van der Waals surface area contributed by atoms with Crippen molar-refractivity contribution in [2.24, 2.45) is 0 Å². The zero-order valence-electron chi connectivity index (χ0n) is 13.6. The standard InChI is InChI=1S/C20H19N2O2/c1-16-12-21(13-19(23)17-8-4-2-5-9-17)15-22(16)14-20(24)18-10-6-3-7-11-18/h2-12,15H,13-14H2,1H3/q+1. The number of carbonyl (C=O) groups is 2. The van der Waals surface area contributed by atoms with Gasteiger partial charge in [-0.2, -0.15) is 0 Å². The van der Waals surface area contributed by atoms with Crippen molar-refractivity contribution in [1.82, 2.24) is 4.57 Å². The Labute approximate surface area is 141 Å². The van der Waals surface area contributed by atoms with E-state index < -0.39 is 0 Å². The Hall–Kier alpha value is -3.01. The van der Waals surface area contributed by atoms with Crippen molar-refractivity contribution < 1.29 is 14.2 Å². The van der Waals surface area contributed by atoms with Crippen LogP contribution in [0.2, 0.25) is 0 Å². The SMILES string of the molecule is Cc1c[n+](CC(=O)c2ccccc2)cn1CC(=O)c1ccccc1. The van der Waals surface area contributed by atoms with Gasteiger partial charge in [-0.15, -0.1) is 0 Å². The fraction of sp³-hybridized carbons (Fsp3) is 0.150. The van der Waals surface area contributed by atoms with E-state index in [2.05, 4.69) is 0 Å². The van der Waals surface area contributed by atoms with Gasteiger partial charge in [0, 0.05) is 18.1 Å². The molecule has 24 heavy (non-hydrogen) atoms. The van der Waals surface area contributed by atoms with Crippen molar-refractivity contribution in [3.63, 3.8) is 0 Å². The van der Waals surface area contributed by atoms with E-state index in [9.17, 15) is 9.59 Å². The molecule has 3 aromatic rings. The Kier molecular flexibility index (Phi) is 4.66. The topological polar surface area (TPSA) is 43.0 Å². The molecule has 1 aromatic heterocycles. The van der Waals surface area contributed by atoms with Crippen molar-refractivity contribution in [3.05, 3.63) is 90.0 Å². The number of aromatic nitrogens is 2. The molecule has 120 valence electrons. The van der Waals surface area contributed by atoms with Crippen LogP contribution in [0, 0.1) is 6.92 Å². The highest BCUT2D eigenvalue weighted by molar-refractivity contribution is 5.96. The Bertz CT molecular complexity index is 852. The summed E-state index contributed by atoms with van der Waals surface area (Å²) >= 11 is 0. The summed E-state index contributed by atoms with van der Waals surface area (Å²) in [6.45, 7) is 2.46. The summed E-state index contributed by atoms with van der Waals surface area (Å²) in [4.78, 5) is 24.6. The quantitative estimate of drug-likeness (QED) is 0.518. The lowest BCUT2D eigenvalue weighted by Crippen LogP contribution is -2.36. The first-order valence-corrected chi connectivity index (χ1v) is 7.86. The fourth-order valence-electron chi connectivity index (χ4n) is 2.62. The third kappa shape index (κ3) is 3.66. The number of Topliss-reactive ketones (excluding diaryl/α,β-unsaturated/α-hetero) is 2. The second kappa shape index (κ2) is 7.04. The summed E-state index contributed by atoms with van der Waals surface area (Å²) in [6.07, 6.45) is 3.70. The molecule has 0 atom stereocenters. The molecule has 1 heterocycles. The van der Waals surface area contributed by atoms with Gasteiger partial charge in [-0.3, -0.25) is 9.59 Å². The van der Waals surface area contributed by atoms with Gasteiger partial charge in [0.05, 0.1) is 0 Å². The van der Waals surface area contributed by atoms with Gasteiger partial charge < -0.3 is 0 Å². The number of ketones is 2. The molecule has 0 N–H and O–H groups in total. The third-order valence-electron chi connectivity index (χ3n) is 3.93. The lowest BCUT2D eigenvalue weighted by atomic mass is 10.1. The van der Waals surface area contributed by atoms with Gasteiger partial charge in [-0.1, -0.05) is 60.7 Å². The summed E-state index contributed by atoms with van der Waals surface area (Å²) in [7, 11) is 0. The zero-order chi connectivity index (χ0) is 16.9. The van der Waals surface area contributed by atoms with E-state index in [0.29, 0.717) is 11.1 Å². The smallest absolute Gasteiger partial charge is 0.244 e. The maximum atomic E-state index is 12.3.